The Morgan fingerprint density at radius 1 is 1.14 bits per heavy atom. The van der Waals surface area contributed by atoms with E-state index in [0.29, 0.717) is 18.2 Å². The van der Waals surface area contributed by atoms with Crippen molar-refractivity contribution in [2.75, 3.05) is 13.1 Å². The van der Waals surface area contributed by atoms with Gasteiger partial charge in [-0.2, -0.15) is 0 Å². The molecule has 0 radical (unpaired) electrons. The average molecular weight is 294 g/mol. The van der Waals surface area contributed by atoms with Gasteiger partial charge in [0.2, 0.25) is 0 Å². The van der Waals surface area contributed by atoms with Crippen LogP contribution < -0.4 is 5.73 Å². The molecule has 0 bridgehead atoms. The van der Waals surface area contributed by atoms with Gasteiger partial charge in [0.1, 0.15) is 11.6 Å². The highest BCUT2D eigenvalue weighted by Crippen LogP contribution is 2.39. The molecular weight excluding hydrogens is 270 g/mol. The topological polar surface area (TPSA) is 29.3 Å². The number of halogens is 2. The van der Waals surface area contributed by atoms with E-state index in [1.54, 1.807) is 6.07 Å². The van der Waals surface area contributed by atoms with Crippen LogP contribution in [0.3, 0.4) is 0 Å². The second-order valence-corrected chi connectivity index (χ2v) is 6.41. The Hall–Kier alpha value is -1.00. The maximum Gasteiger partial charge on any atom is 0.130 e. The first-order valence-corrected chi connectivity index (χ1v) is 8.11. The standard InChI is InChI=1S/C17H24F2N2/c18-13-7-8-14(15(19)10-13)17(11-20)21-9-3-6-16(21)12-4-1-2-5-12/h7-8,10,12,16-17H,1-6,9,11,20H2. The number of nitrogens with two attached hydrogens (primary N) is 1. The summed E-state index contributed by atoms with van der Waals surface area (Å²) in [6.45, 7) is 1.35. The number of benzene rings is 1. The molecule has 2 unspecified atom stereocenters. The van der Waals surface area contributed by atoms with Crippen LogP contribution >= 0.6 is 0 Å². The minimum absolute atomic E-state index is 0.126. The normalized spacial score (nSPS) is 25.6. The smallest absolute Gasteiger partial charge is 0.130 e. The van der Waals surface area contributed by atoms with Gasteiger partial charge in [-0.15, -0.1) is 0 Å². The summed E-state index contributed by atoms with van der Waals surface area (Å²) >= 11 is 0. The molecule has 1 aliphatic carbocycles. The molecular formula is C17H24F2N2. The van der Waals surface area contributed by atoms with Gasteiger partial charge in [-0.05, 0) is 44.2 Å². The van der Waals surface area contributed by atoms with Crippen LogP contribution in [0.4, 0.5) is 8.78 Å². The highest BCUT2D eigenvalue weighted by atomic mass is 19.1. The van der Waals surface area contributed by atoms with Crippen LogP contribution in [0.15, 0.2) is 18.2 Å². The third-order valence-electron chi connectivity index (χ3n) is 5.23. The van der Waals surface area contributed by atoms with Gasteiger partial charge >= 0.3 is 0 Å². The zero-order valence-corrected chi connectivity index (χ0v) is 12.4. The molecule has 3 rings (SSSR count). The molecule has 1 heterocycles. The largest absolute Gasteiger partial charge is 0.329 e. The van der Waals surface area contributed by atoms with Gasteiger partial charge in [0.05, 0.1) is 6.04 Å². The SMILES string of the molecule is NCC(c1ccc(F)cc1F)N1CCCC1C1CCCC1. The van der Waals surface area contributed by atoms with Crippen molar-refractivity contribution in [3.63, 3.8) is 0 Å². The lowest BCUT2D eigenvalue weighted by atomic mass is 9.94. The molecule has 0 spiro atoms. The summed E-state index contributed by atoms with van der Waals surface area (Å²) in [6, 6.07) is 4.26. The van der Waals surface area contributed by atoms with Crippen molar-refractivity contribution in [2.45, 2.75) is 50.6 Å². The molecule has 1 saturated heterocycles. The molecule has 116 valence electrons. The minimum atomic E-state index is -0.527. The van der Waals surface area contributed by atoms with Gasteiger partial charge in [0.25, 0.3) is 0 Å². The Bertz CT molecular complexity index is 486. The van der Waals surface area contributed by atoms with E-state index in [1.165, 1.54) is 38.2 Å². The van der Waals surface area contributed by atoms with E-state index in [2.05, 4.69) is 4.90 Å². The number of hydrogen-bond donors (Lipinski definition) is 1. The van der Waals surface area contributed by atoms with Crippen molar-refractivity contribution in [1.82, 2.24) is 4.90 Å². The summed E-state index contributed by atoms with van der Waals surface area (Å²) < 4.78 is 27.3. The van der Waals surface area contributed by atoms with Crippen LogP contribution in [0.1, 0.15) is 50.1 Å². The lowest BCUT2D eigenvalue weighted by molar-refractivity contribution is 0.135. The molecule has 0 aromatic heterocycles. The predicted octanol–water partition coefficient (Wildman–Crippen LogP) is 3.62. The predicted molar refractivity (Wildman–Crippen MR) is 79.8 cm³/mol. The third-order valence-corrected chi connectivity index (χ3v) is 5.23. The second kappa shape index (κ2) is 6.41. The fourth-order valence-electron chi connectivity index (χ4n) is 4.26. The van der Waals surface area contributed by atoms with Gasteiger partial charge in [-0.1, -0.05) is 18.9 Å². The van der Waals surface area contributed by atoms with Crippen molar-refractivity contribution in [3.8, 4) is 0 Å². The molecule has 1 aromatic carbocycles. The van der Waals surface area contributed by atoms with Crippen molar-refractivity contribution in [3.05, 3.63) is 35.4 Å². The third kappa shape index (κ3) is 2.97. The van der Waals surface area contributed by atoms with Crippen molar-refractivity contribution in [1.29, 1.82) is 0 Å². The van der Waals surface area contributed by atoms with E-state index in [4.69, 9.17) is 5.73 Å². The zero-order valence-electron chi connectivity index (χ0n) is 12.4. The van der Waals surface area contributed by atoms with Crippen LogP contribution in [0.2, 0.25) is 0 Å². The van der Waals surface area contributed by atoms with E-state index >= 15 is 0 Å². The van der Waals surface area contributed by atoms with Crippen LogP contribution in [-0.4, -0.2) is 24.0 Å². The van der Waals surface area contributed by atoms with Crippen LogP contribution in [-0.2, 0) is 0 Å². The first-order valence-electron chi connectivity index (χ1n) is 8.11. The molecule has 1 aromatic rings. The Kier molecular flexibility index (Phi) is 4.55. The summed E-state index contributed by atoms with van der Waals surface area (Å²) in [7, 11) is 0. The lowest BCUT2D eigenvalue weighted by Gasteiger charge is -2.36. The maximum absolute atomic E-state index is 14.1. The number of likely N-dealkylation sites (tertiary alicyclic amines) is 1. The molecule has 2 atom stereocenters. The molecule has 1 saturated carbocycles. The summed E-state index contributed by atoms with van der Waals surface area (Å²) in [5.74, 6) is -0.270. The summed E-state index contributed by atoms with van der Waals surface area (Å²) in [6.07, 6.45) is 7.53. The Morgan fingerprint density at radius 2 is 1.90 bits per heavy atom. The van der Waals surface area contributed by atoms with Gasteiger partial charge in [0, 0.05) is 24.2 Å². The summed E-state index contributed by atoms with van der Waals surface area (Å²) in [5, 5.41) is 0. The molecule has 2 nitrogen and oxygen atoms in total. The molecule has 4 heteroatoms. The van der Waals surface area contributed by atoms with Crippen LogP contribution in [0.25, 0.3) is 0 Å². The van der Waals surface area contributed by atoms with E-state index in [9.17, 15) is 8.78 Å². The minimum Gasteiger partial charge on any atom is -0.329 e. The number of rotatable bonds is 4. The molecule has 1 aliphatic heterocycles. The Balaban J connectivity index is 1.84. The van der Waals surface area contributed by atoms with E-state index in [-0.39, 0.29) is 6.04 Å². The second-order valence-electron chi connectivity index (χ2n) is 6.41. The molecule has 21 heavy (non-hydrogen) atoms. The van der Waals surface area contributed by atoms with Crippen molar-refractivity contribution < 1.29 is 8.78 Å². The highest BCUT2D eigenvalue weighted by Gasteiger charge is 2.37. The van der Waals surface area contributed by atoms with Crippen LogP contribution in [0, 0.1) is 17.6 Å². The van der Waals surface area contributed by atoms with Gasteiger partial charge in [0.15, 0.2) is 0 Å². The molecule has 0 amide bonds. The van der Waals surface area contributed by atoms with Crippen molar-refractivity contribution in [2.24, 2.45) is 11.7 Å². The van der Waals surface area contributed by atoms with Gasteiger partial charge in [-0.25, -0.2) is 8.78 Å². The van der Waals surface area contributed by atoms with Gasteiger partial charge < -0.3 is 5.73 Å². The summed E-state index contributed by atoms with van der Waals surface area (Å²) in [4.78, 5) is 2.38. The fourth-order valence-corrected chi connectivity index (χ4v) is 4.26. The Labute approximate surface area is 125 Å². The maximum atomic E-state index is 14.1. The first kappa shape index (κ1) is 14.9. The lowest BCUT2D eigenvalue weighted by Crippen LogP contribution is -2.41. The first-order chi connectivity index (χ1) is 10.2. The van der Waals surface area contributed by atoms with Crippen LogP contribution in [0.5, 0.6) is 0 Å². The monoisotopic (exact) mass is 294 g/mol. The molecule has 2 fully saturated rings. The molecule has 2 N–H and O–H groups in total. The quantitative estimate of drug-likeness (QED) is 0.919. The number of nitrogens with zero attached hydrogens (tertiary/aromatic N) is 1. The van der Waals surface area contributed by atoms with Crippen molar-refractivity contribution >= 4 is 0 Å². The van der Waals surface area contributed by atoms with E-state index < -0.39 is 11.6 Å². The summed E-state index contributed by atoms with van der Waals surface area (Å²) in [5.41, 5.74) is 6.50. The fraction of sp³-hybridized carbons (Fsp3) is 0.647. The average Bonchev–Trinajstić information content (AvgIpc) is 3.12. The molecule has 2 aliphatic rings. The van der Waals surface area contributed by atoms with Gasteiger partial charge in [-0.3, -0.25) is 4.90 Å². The van der Waals surface area contributed by atoms with E-state index in [0.717, 1.165) is 24.9 Å². The number of hydrogen-bond acceptors (Lipinski definition) is 2. The zero-order chi connectivity index (χ0) is 14.8. The van der Waals surface area contributed by atoms with E-state index in [1.807, 2.05) is 0 Å². The Morgan fingerprint density at radius 3 is 2.57 bits per heavy atom. The highest BCUT2D eigenvalue weighted by molar-refractivity contribution is 5.23.